The first-order valence-corrected chi connectivity index (χ1v) is 7.01. The van der Waals surface area contributed by atoms with Gasteiger partial charge in [-0.1, -0.05) is 48.0 Å². The van der Waals surface area contributed by atoms with Gasteiger partial charge in [-0.05, 0) is 19.1 Å². The van der Waals surface area contributed by atoms with Gasteiger partial charge in [0, 0.05) is 24.4 Å². The van der Waals surface area contributed by atoms with Crippen LogP contribution in [-0.4, -0.2) is 12.0 Å². The number of anilines is 2. The van der Waals surface area contributed by atoms with Gasteiger partial charge in [-0.3, -0.25) is 9.69 Å². The number of rotatable bonds is 3. The van der Waals surface area contributed by atoms with Gasteiger partial charge in [0.05, 0.1) is 0 Å². The van der Waals surface area contributed by atoms with Crippen molar-refractivity contribution in [2.75, 3.05) is 11.9 Å². The summed E-state index contributed by atoms with van der Waals surface area (Å²) in [6.45, 7) is 2.01. The fourth-order valence-corrected chi connectivity index (χ4v) is 2.15. The molecule has 0 N–H and O–H groups in total. The Morgan fingerprint density at radius 3 is 2.36 bits per heavy atom. The predicted molar refractivity (Wildman–Crippen MR) is 87.5 cm³/mol. The number of para-hydroxylation sites is 1. The molecule has 1 heterocycles. The van der Waals surface area contributed by atoms with E-state index in [2.05, 4.69) is 4.98 Å². The highest BCUT2D eigenvalue weighted by atomic mass is 16.4. The first kappa shape index (κ1) is 14.1. The quantitative estimate of drug-likeness (QED) is 0.737. The van der Waals surface area contributed by atoms with Crippen molar-refractivity contribution < 1.29 is 4.42 Å². The number of benzene rings is 2. The minimum atomic E-state index is -0.320. The Labute approximate surface area is 128 Å². The van der Waals surface area contributed by atoms with Crippen molar-refractivity contribution >= 4 is 11.7 Å². The zero-order valence-corrected chi connectivity index (χ0v) is 12.5. The molecule has 4 heteroatoms. The molecular formula is C18H16N2O2. The molecule has 0 unspecified atom stereocenters. The predicted octanol–water partition coefficient (Wildman–Crippen LogP) is 3.78. The SMILES string of the molecule is Cc1ccc(-c2cc(=O)nc(N(C)c3ccccc3)o2)cc1. The Hall–Kier alpha value is -2.88. The van der Waals surface area contributed by atoms with E-state index < -0.39 is 0 Å². The van der Waals surface area contributed by atoms with E-state index in [1.807, 2.05) is 68.6 Å². The molecule has 0 fully saturated rings. The fraction of sp³-hybridized carbons (Fsp3) is 0.111. The highest BCUT2D eigenvalue weighted by molar-refractivity contribution is 5.60. The topological polar surface area (TPSA) is 46.3 Å². The Morgan fingerprint density at radius 1 is 1.00 bits per heavy atom. The van der Waals surface area contributed by atoms with Crippen LogP contribution >= 0.6 is 0 Å². The average Bonchev–Trinajstić information content (AvgIpc) is 2.55. The van der Waals surface area contributed by atoms with Crippen molar-refractivity contribution in [3.63, 3.8) is 0 Å². The zero-order chi connectivity index (χ0) is 15.5. The highest BCUT2D eigenvalue weighted by Crippen LogP contribution is 2.25. The van der Waals surface area contributed by atoms with E-state index in [-0.39, 0.29) is 11.6 Å². The van der Waals surface area contributed by atoms with Crippen LogP contribution in [-0.2, 0) is 0 Å². The second-order valence-electron chi connectivity index (χ2n) is 5.10. The number of aryl methyl sites for hydroxylation is 1. The zero-order valence-electron chi connectivity index (χ0n) is 12.5. The summed E-state index contributed by atoms with van der Waals surface area (Å²) < 4.78 is 5.82. The minimum Gasteiger partial charge on any atom is -0.425 e. The van der Waals surface area contributed by atoms with Crippen LogP contribution in [0.5, 0.6) is 0 Å². The van der Waals surface area contributed by atoms with Gasteiger partial charge in [0.25, 0.3) is 5.56 Å². The molecule has 3 rings (SSSR count). The maximum absolute atomic E-state index is 11.9. The van der Waals surface area contributed by atoms with Gasteiger partial charge in [-0.2, -0.15) is 4.98 Å². The van der Waals surface area contributed by atoms with Crippen molar-refractivity contribution in [3.05, 3.63) is 76.6 Å². The summed E-state index contributed by atoms with van der Waals surface area (Å²) in [7, 11) is 1.82. The van der Waals surface area contributed by atoms with E-state index in [9.17, 15) is 4.79 Å². The first-order chi connectivity index (χ1) is 10.6. The molecule has 2 aromatic carbocycles. The Balaban J connectivity index is 2.03. The van der Waals surface area contributed by atoms with E-state index in [0.29, 0.717) is 5.76 Å². The number of hydrogen-bond acceptors (Lipinski definition) is 4. The van der Waals surface area contributed by atoms with Crippen LogP contribution in [0.2, 0.25) is 0 Å². The molecule has 0 aliphatic carbocycles. The van der Waals surface area contributed by atoms with Crippen molar-refractivity contribution in [1.82, 2.24) is 4.98 Å². The fourth-order valence-electron chi connectivity index (χ4n) is 2.15. The van der Waals surface area contributed by atoms with Gasteiger partial charge in [0.2, 0.25) is 0 Å². The van der Waals surface area contributed by atoms with Crippen LogP contribution in [0.4, 0.5) is 11.7 Å². The van der Waals surface area contributed by atoms with E-state index in [0.717, 1.165) is 16.8 Å². The third kappa shape index (κ3) is 2.91. The van der Waals surface area contributed by atoms with Gasteiger partial charge in [-0.25, -0.2) is 0 Å². The monoisotopic (exact) mass is 292 g/mol. The van der Waals surface area contributed by atoms with Crippen molar-refractivity contribution in [2.45, 2.75) is 6.92 Å². The summed E-state index contributed by atoms with van der Waals surface area (Å²) in [6, 6.07) is 19.2. The van der Waals surface area contributed by atoms with Gasteiger partial charge in [0.15, 0.2) is 0 Å². The Morgan fingerprint density at radius 2 is 1.68 bits per heavy atom. The lowest BCUT2D eigenvalue weighted by atomic mass is 10.1. The number of hydrogen-bond donors (Lipinski definition) is 0. The van der Waals surface area contributed by atoms with Crippen LogP contribution in [0.25, 0.3) is 11.3 Å². The normalized spacial score (nSPS) is 10.5. The van der Waals surface area contributed by atoms with Crippen molar-refractivity contribution in [2.24, 2.45) is 0 Å². The summed E-state index contributed by atoms with van der Waals surface area (Å²) in [5.41, 5.74) is 2.59. The van der Waals surface area contributed by atoms with Crippen LogP contribution in [0.3, 0.4) is 0 Å². The summed E-state index contributed by atoms with van der Waals surface area (Å²) in [4.78, 5) is 17.6. The maximum atomic E-state index is 11.9. The molecule has 0 saturated carbocycles. The lowest BCUT2D eigenvalue weighted by molar-refractivity contribution is 0.543. The lowest BCUT2D eigenvalue weighted by Gasteiger charge is -2.16. The summed E-state index contributed by atoms with van der Waals surface area (Å²) in [6.07, 6.45) is 0. The minimum absolute atomic E-state index is 0.272. The molecule has 22 heavy (non-hydrogen) atoms. The Bertz CT molecular complexity index is 824. The highest BCUT2D eigenvalue weighted by Gasteiger charge is 2.11. The summed E-state index contributed by atoms with van der Waals surface area (Å²) in [5, 5.41) is 0. The first-order valence-electron chi connectivity index (χ1n) is 7.01. The molecular weight excluding hydrogens is 276 g/mol. The van der Waals surface area contributed by atoms with Crippen LogP contribution in [0, 0.1) is 6.92 Å². The van der Waals surface area contributed by atoms with E-state index in [4.69, 9.17) is 4.42 Å². The standard InChI is InChI=1S/C18H16N2O2/c1-13-8-10-14(11-9-13)16-12-17(21)19-18(22-16)20(2)15-6-4-3-5-7-15/h3-12H,1-2H3. The second-order valence-corrected chi connectivity index (χ2v) is 5.10. The molecule has 0 atom stereocenters. The van der Waals surface area contributed by atoms with Crippen LogP contribution in [0.1, 0.15) is 5.56 Å². The molecule has 1 aromatic heterocycles. The molecule has 0 amide bonds. The lowest BCUT2D eigenvalue weighted by Crippen LogP contribution is -2.16. The van der Waals surface area contributed by atoms with Gasteiger partial charge < -0.3 is 4.42 Å². The van der Waals surface area contributed by atoms with Gasteiger partial charge >= 0.3 is 6.01 Å². The second kappa shape index (κ2) is 5.85. The summed E-state index contributed by atoms with van der Waals surface area (Å²) >= 11 is 0. The molecule has 0 spiro atoms. The molecule has 0 saturated heterocycles. The average molecular weight is 292 g/mol. The smallest absolute Gasteiger partial charge is 0.305 e. The molecule has 0 bridgehead atoms. The maximum Gasteiger partial charge on any atom is 0.305 e. The molecule has 110 valence electrons. The van der Waals surface area contributed by atoms with E-state index in [1.54, 1.807) is 4.90 Å². The molecule has 3 aromatic rings. The molecule has 4 nitrogen and oxygen atoms in total. The third-order valence-electron chi connectivity index (χ3n) is 3.43. The van der Waals surface area contributed by atoms with Crippen molar-refractivity contribution in [1.29, 1.82) is 0 Å². The number of nitrogens with zero attached hydrogens (tertiary/aromatic N) is 2. The van der Waals surface area contributed by atoms with Crippen molar-refractivity contribution in [3.8, 4) is 11.3 Å². The molecule has 0 aliphatic heterocycles. The number of aromatic nitrogens is 1. The third-order valence-corrected chi connectivity index (χ3v) is 3.43. The van der Waals surface area contributed by atoms with E-state index >= 15 is 0 Å². The largest absolute Gasteiger partial charge is 0.425 e. The van der Waals surface area contributed by atoms with Crippen LogP contribution < -0.4 is 10.5 Å². The van der Waals surface area contributed by atoms with Crippen LogP contribution in [0.15, 0.2) is 69.9 Å². The van der Waals surface area contributed by atoms with E-state index in [1.165, 1.54) is 6.07 Å². The summed E-state index contributed by atoms with van der Waals surface area (Å²) in [5.74, 6) is 0.512. The molecule has 0 radical (unpaired) electrons. The molecule has 0 aliphatic rings. The van der Waals surface area contributed by atoms with Gasteiger partial charge in [-0.15, -0.1) is 0 Å². The Kier molecular flexibility index (Phi) is 3.74. The van der Waals surface area contributed by atoms with Gasteiger partial charge in [0.1, 0.15) is 5.76 Å².